The molecule has 1 aromatic carbocycles. The molecule has 1 aliphatic rings. The monoisotopic (exact) mass is 297 g/mol. The maximum Gasteiger partial charge on any atom is 0.414 e. The summed E-state index contributed by atoms with van der Waals surface area (Å²) < 4.78 is 5.30. The van der Waals surface area contributed by atoms with Crippen molar-refractivity contribution in [3.63, 3.8) is 0 Å². The number of benzene rings is 1. The third-order valence-corrected chi connectivity index (χ3v) is 3.93. The second kappa shape index (κ2) is 6.05. The first-order valence-electron chi connectivity index (χ1n) is 7.29. The molecule has 0 bridgehead atoms. The number of ether oxygens (including phenoxy) is 1. The van der Waals surface area contributed by atoms with E-state index >= 15 is 0 Å². The topological polar surface area (TPSA) is 45.7 Å². The predicted octanol–water partition coefficient (Wildman–Crippen LogP) is 2.85. The molecule has 5 nitrogen and oxygen atoms in total. The number of pyridine rings is 1. The van der Waals surface area contributed by atoms with Gasteiger partial charge in [0.05, 0.1) is 5.69 Å². The lowest BCUT2D eigenvalue weighted by Crippen LogP contribution is -2.27. The van der Waals surface area contributed by atoms with Gasteiger partial charge in [0.2, 0.25) is 0 Å². The van der Waals surface area contributed by atoms with E-state index in [1.54, 1.807) is 13.2 Å². The highest BCUT2D eigenvalue weighted by Gasteiger charge is 2.19. The molecule has 0 aliphatic carbocycles. The average Bonchev–Trinajstić information content (AvgIpc) is 2.93. The average molecular weight is 297 g/mol. The van der Waals surface area contributed by atoms with Gasteiger partial charge in [0.15, 0.2) is 0 Å². The molecule has 0 unspecified atom stereocenters. The molecule has 1 aromatic heterocycles. The highest BCUT2D eigenvalue weighted by molar-refractivity contribution is 5.88. The van der Waals surface area contributed by atoms with Gasteiger partial charge in [0.25, 0.3) is 0 Å². The first kappa shape index (κ1) is 14.4. The molecular weight excluding hydrogens is 278 g/mol. The largest absolute Gasteiger partial charge is 0.443 e. The summed E-state index contributed by atoms with van der Waals surface area (Å²) in [6.07, 6.45) is 2.36. The van der Waals surface area contributed by atoms with Crippen molar-refractivity contribution in [2.45, 2.75) is 13.0 Å². The van der Waals surface area contributed by atoms with Crippen LogP contribution in [-0.2, 0) is 17.8 Å². The van der Waals surface area contributed by atoms with Gasteiger partial charge in [-0.25, -0.2) is 4.79 Å². The molecule has 2 aromatic rings. The van der Waals surface area contributed by atoms with E-state index in [0.717, 1.165) is 24.3 Å². The van der Waals surface area contributed by atoms with Gasteiger partial charge in [-0.15, -0.1) is 0 Å². The minimum atomic E-state index is -0.383. The Morgan fingerprint density at radius 3 is 3.00 bits per heavy atom. The zero-order chi connectivity index (χ0) is 15.5. The zero-order valence-corrected chi connectivity index (χ0v) is 12.8. The number of aromatic nitrogens is 1. The molecule has 1 aliphatic heterocycles. The van der Waals surface area contributed by atoms with Crippen molar-refractivity contribution in [2.24, 2.45) is 0 Å². The van der Waals surface area contributed by atoms with Crippen LogP contribution in [0.3, 0.4) is 0 Å². The summed E-state index contributed by atoms with van der Waals surface area (Å²) in [7, 11) is 3.78. The highest BCUT2D eigenvalue weighted by atomic mass is 16.6. The van der Waals surface area contributed by atoms with Crippen LogP contribution in [0.5, 0.6) is 0 Å². The van der Waals surface area contributed by atoms with Gasteiger partial charge in [-0.1, -0.05) is 12.1 Å². The van der Waals surface area contributed by atoms with Gasteiger partial charge in [-0.05, 0) is 36.2 Å². The van der Waals surface area contributed by atoms with Crippen molar-refractivity contribution in [3.8, 4) is 0 Å². The molecule has 0 radical (unpaired) electrons. The fraction of sp³-hybridized carbons (Fsp3) is 0.294. The Labute approximate surface area is 130 Å². The maximum absolute atomic E-state index is 12.2. The van der Waals surface area contributed by atoms with Crippen molar-refractivity contribution in [2.75, 3.05) is 30.4 Å². The van der Waals surface area contributed by atoms with Crippen LogP contribution in [0, 0.1) is 0 Å². The second-order valence-electron chi connectivity index (χ2n) is 5.42. The van der Waals surface area contributed by atoms with E-state index in [1.165, 1.54) is 16.2 Å². The highest BCUT2D eigenvalue weighted by Crippen LogP contribution is 2.30. The van der Waals surface area contributed by atoms with Crippen LogP contribution in [-0.4, -0.2) is 31.7 Å². The molecule has 0 saturated heterocycles. The fourth-order valence-electron chi connectivity index (χ4n) is 2.56. The Morgan fingerprint density at radius 1 is 1.36 bits per heavy atom. The summed E-state index contributed by atoms with van der Waals surface area (Å²) in [6, 6.07) is 11.6. The van der Waals surface area contributed by atoms with E-state index in [2.05, 4.69) is 23.0 Å². The fourth-order valence-corrected chi connectivity index (χ4v) is 2.56. The van der Waals surface area contributed by atoms with E-state index in [4.69, 9.17) is 4.74 Å². The normalized spacial score (nSPS) is 12.9. The quantitative estimate of drug-likeness (QED) is 0.874. The van der Waals surface area contributed by atoms with Gasteiger partial charge in [0, 0.05) is 38.2 Å². The summed E-state index contributed by atoms with van der Waals surface area (Å²) in [4.78, 5) is 20.0. The van der Waals surface area contributed by atoms with Crippen molar-refractivity contribution < 1.29 is 9.53 Å². The Hall–Kier alpha value is -2.56. The molecule has 0 spiro atoms. The van der Waals surface area contributed by atoms with Crippen LogP contribution in [0.1, 0.15) is 11.3 Å². The maximum atomic E-state index is 12.2. The summed E-state index contributed by atoms with van der Waals surface area (Å²) in [6.45, 7) is 1.20. The van der Waals surface area contributed by atoms with E-state index in [-0.39, 0.29) is 12.7 Å². The molecule has 1 amide bonds. The summed E-state index contributed by atoms with van der Waals surface area (Å²) in [5.41, 5.74) is 4.07. The first-order valence-corrected chi connectivity index (χ1v) is 7.29. The number of nitrogens with zero attached hydrogens (tertiary/aromatic N) is 3. The van der Waals surface area contributed by atoms with E-state index in [1.807, 2.05) is 30.3 Å². The minimum absolute atomic E-state index is 0.175. The lowest BCUT2D eigenvalue weighted by atomic mass is 10.1. The number of rotatable bonds is 3. The van der Waals surface area contributed by atoms with Crippen LogP contribution in [0.15, 0.2) is 42.6 Å². The number of amides is 1. The number of hydrogen-bond acceptors (Lipinski definition) is 4. The summed E-state index contributed by atoms with van der Waals surface area (Å²) in [5, 5.41) is 0. The summed E-state index contributed by atoms with van der Waals surface area (Å²) in [5.74, 6) is 0. The zero-order valence-electron chi connectivity index (χ0n) is 12.8. The molecule has 114 valence electrons. The molecule has 3 rings (SSSR count). The third kappa shape index (κ3) is 2.88. The lowest BCUT2D eigenvalue weighted by molar-refractivity contribution is 0.147. The van der Waals surface area contributed by atoms with Gasteiger partial charge in [-0.3, -0.25) is 9.88 Å². The van der Waals surface area contributed by atoms with Crippen LogP contribution in [0.25, 0.3) is 0 Å². The SMILES string of the molecule is CN1CCc2ccc(N(C)C(=O)OCc3ccccn3)cc21. The number of carbonyl (C=O) groups excluding carboxylic acids is 1. The second-order valence-corrected chi connectivity index (χ2v) is 5.42. The lowest BCUT2D eigenvalue weighted by Gasteiger charge is -2.19. The number of anilines is 2. The summed E-state index contributed by atoms with van der Waals surface area (Å²) >= 11 is 0. The van der Waals surface area contributed by atoms with Crippen molar-refractivity contribution in [1.82, 2.24) is 4.98 Å². The number of fused-ring (bicyclic) bond motifs is 1. The Balaban J connectivity index is 1.67. The smallest absolute Gasteiger partial charge is 0.414 e. The van der Waals surface area contributed by atoms with Gasteiger partial charge >= 0.3 is 6.09 Å². The van der Waals surface area contributed by atoms with Crippen LogP contribution in [0.2, 0.25) is 0 Å². The van der Waals surface area contributed by atoms with Crippen LogP contribution < -0.4 is 9.80 Å². The van der Waals surface area contributed by atoms with Gasteiger partial charge in [0.1, 0.15) is 6.61 Å². The Kier molecular flexibility index (Phi) is 3.96. The number of likely N-dealkylation sites (N-methyl/N-ethyl adjacent to an activating group) is 1. The number of hydrogen-bond donors (Lipinski definition) is 0. The molecule has 22 heavy (non-hydrogen) atoms. The van der Waals surface area contributed by atoms with Crippen LogP contribution in [0.4, 0.5) is 16.2 Å². The minimum Gasteiger partial charge on any atom is -0.443 e. The molecule has 5 heteroatoms. The van der Waals surface area contributed by atoms with E-state index < -0.39 is 0 Å². The van der Waals surface area contributed by atoms with Gasteiger partial charge in [-0.2, -0.15) is 0 Å². The Morgan fingerprint density at radius 2 is 2.23 bits per heavy atom. The van der Waals surface area contributed by atoms with E-state index in [9.17, 15) is 4.79 Å². The van der Waals surface area contributed by atoms with Crippen molar-refractivity contribution in [1.29, 1.82) is 0 Å². The molecule has 0 saturated carbocycles. The molecule has 0 fully saturated rings. The third-order valence-electron chi connectivity index (χ3n) is 3.93. The number of carbonyl (C=O) groups is 1. The van der Waals surface area contributed by atoms with Gasteiger partial charge < -0.3 is 9.64 Å². The first-order chi connectivity index (χ1) is 10.6. The van der Waals surface area contributed by atoms with Crippen LogP contribution >= 0.6 is 0 Å². The Bertz CT molecular complexity index is 673. The standard InChI is InChI=1S/C17H19N3O2/c1-19-10-8-13-6-7-15(11-16(13)19)20(2)17(21)22-12-14-5-3-4-9-18-14/h3-7,9,11H,8,10,12H2,1-2H3. The van der Waals surface area contributed by atoms with E-state index in [0.29, 0.717) is 0 Å². The van der Waals surface area contributed by atoms with Crippen molar-refractivity contribution in [3.05, 3.63) is 53.9 Å². The predicted molar refractivity (Wildman–Crippen MR) is 86.2 cm³/mol. The molecular formula is C17H19N3O2. The molecule has 0 atom stereocenters. The molecule has 0 N–H and O–H groups in total. The molecule has 2 heterocycles. The van der Waals surface area contributed by atoms with Crippen molar-refractivity contribution >= 4 is 17.5 Å².